The zero-order valence-electron chi connectivity index (χ0n) is 16.4. The number of amides is 1. The van der Waals surface area contributed by atoms with Gasteiger partial charge in [-0.05, 0) is 31.0 Å². The number of ether oxygens (including phenoxy) is 1. The Labute approximate surface area is 175 Å². The van der Waals surface area contributed by atoms with Gasteiger partial charge in [0, 0.05) is 50.9 Å². The fraction of sp³-hybridized carbons (Fsp3) is 0.474. The maximum Gasteiger partial charge on any atom is 0.274 e. The van der Waals surface area contributed by atoms with E-state index in [0.29, 0.717) is 30.0 Å². The molecule has 1 aromatic heterocycles. The van der Waals surface area contributed by atoms with Crippen molar-refractivity contribution < 1.29 is 17.9 Å². The van der Waals surface area contributed by atoms with Gasteiger partial charge in [0.05, 0.1) is 17.0 Å². The number of carbonyl (C=O) groups excluding carboxylic acids is 1. The topological polar surface area (TPSA) is 84.7 Å². The Morgan fingerprint density at radius 1 is 1.21 bits per heavy atom. The lowest BCUT2D eigenvalue weighted by molar-refractivity contribution is 0.0784. The van der Waals surface area contributed by atoms with E-state index in [1.54, 1.807) is 16.6 Å². The summed E-state index contributed by atoms with van der Waals surface area (Å²) in [7, 11) is -0.499. The summed E-state index contributed by atoms with van der Waals surface area (Å²) in [4.78, 5) is 14.8. The Kier molecular flexibility index (Phi) is 5.30. The van der Waals surface area contributed by atoms with Gasteiger partial charge in [-0.25, -0.2) is 8.42 Å². The average molecular weight is 439 g/mol. The van der Waals surface area contributed by atoms with E-state index in [-0.39, 0.29) is 22.4 Å². The number of aryl methyl sites for hydroxylation is 1. The molecule has 1 saturated heterocycles. The summed E-state index contributed by atoms with van der Waals surface area (Å²) in [5.74, 6) is 0.295. The smallest absolute Gasteiger partial charge is 0.274 e. The zero-order valence-corrected chi connectivity index (χ0v) is 18.0. The maximum atomic E-state index is 13.2. The summed E-state index contributed by atoms with van der Waals surface area (Å²) in [5.41, 5.74) is 1.96. The molecule has 156 valence electrons. The summed E-state index contributed by atoms with van der Waals surface area (Å²) in [6.07, 6.45) is 2.47. The van der Waals surface area contributed by atoms with Gasteiger partial charge in [-0.2, -0.15) is 9.40 Å². The quantitative estimate of drug-likeness (QED) is 0.729. The van der Waals surface area contributed by atoms with Gasteiger partial charge in [-0.1, -0.05) is 11.6 Å². The number of hydrogen-bond donors (Lipinski definition) is 0. The fourth-order valence-corrected chi connectivity index (χ4v) is 5.73. The number of sulfonamides is 1. The van der Waals surface area contributed by atoms with Crippen molar-refractivity contribution in [3.05, 3.63) is 40.2 Å². The van der Waals surface area contributed by atoms with Crippen LogP contribution in [0.2, 0.25) is 5.02 Å². The van der Waals surface area contributed by atoms with E-state index in [0.717, 1.165) is 31.6 Å². The lowest BCUT2D eigenvalue weighted by Crippen LogP contribution is -2.37. The van der Waals surface area contributed by atoms with Crippen molar-refractivity contribution in [1.29, 1.82) is 0 Å². The summed E-state index contributed by atoms with van der Waals surface area (Å²) < 4.78 is 34.6. The van der Waals surface area contributed by atoms with Gasteiger partial charge in [-0.15, -0.1) is 0 Å². The van der Waals surface area contributed by atoms with Crippen molar-refractivity contribution >= 4 is 27.5 Å². The number of rotatable bonds is 4. The van der Waals surface area contributed by atoms with Crippen LogP contribution in [0, 0.1) is 0 Å². The van der Waals surface area contributed by atoms with Crippen LogP contribution in [0.25, 0.3) is 0 Å². The predicted molar refractivity (Wildman–Crippen MR) is 108 cm³/mol. The molecule has 2 aliphatic heterocycles. The van der Waals surface area contributed by atoms with Crippen LogP contribution in [0.15, 0.2) is 23.1 Å². The van der Waals surface area contributed by atoms with Crippen LogP contribution >= 0.6 is 11.6 Å². The number of nitrogens with zero attached hydrogens (tertiary/aromatic N) is 4. The first kappa shape index (κ1) is 20.2. The van der Waals surface area contributed by atoms with Crippen LogP contribution in [-0.4, -0.2) is 60.1 Å². The van der Waals surface area contributed by atoms with Gasteiger partial charge in [0.25, 0.3) is 5.91 Å². The minimum atomic E-state index is -3.77. The van der Waals surface area contributed by atoms with Gasteiger partial charge < -0.3 is 9.64 Å². The van der Waals surface area contributed by atoms with E-state index >= 15 is 0 Å². The molecule has 3 heterocycles. The molecule has 1 amide bonds. The molecule has 10 heteroatoms. The van der Waals surface area contributed by atoms with E-state index < -0.39 is 10.0 Å². The third-order valence-corrected chi connectivity index (χ3v) is 7.70. The Morgan fingerprint density at radius 2 is 1.93 bits per heavy atom. The number of halogens is 1. The summed E-state index contributed by atoms with van der Waals surface area (Å²) in [6.45, 7) is 1.87. The molecule has 4 rings (SSSR count). The van der Waals surface area contributed by atoms with E-state index in [2.05, 4.69) is 5.10 Å². The number of likely N-dealkylation sites (tertiary alicyclic amines) is 1. The third-order valence-electron chi connectivity index (χ3n) is 5.56. The Hall–Kier alpha value is -2.10. The lowest BCUT2D eigenvalue weighted by Gasteiger charge is -2.27. The second-order valence-corrected chi connectivity index (χ2v) is 9.63. The van der Waals surface area contributed by atoms with E-state index in [1.807, 2.05) is 0 Å². The van der Waals surface area contributed by atoms with Crippen LogP contribution in [0.4, 0.5) is 0 Å². The SMILES string of the molecule is COc1ccc(S(=O)(=O)N2CCc3c(c(C(=O)N4CCCC4)nn3C)C2)cc1Cl. The Balaban J connectivity index is 1.65. The highest BCUT2D eigenvalue weighted by atomic mass is 35.5. The van der Waals surface area contributed by atoms with Crippen molar-refractivity contribution in [2.75, 3.05) is 26.7 Å². The van der Waals surface area contributed by atoms with Crippen LogP contribution in [0.5, 0.6) is 5.75 Å². The first-order valence-electron chi connectivity index (χ1n) is 9.50. The summed E-state index contributed by atoms with van der Waals surface area (Å²) >= 11 is 6.13. The first-order chi connectivity index (χ1) is 13.8. The number of aromatic nitrogens is 2. The molecule has 0 unspecified atom stereocenters. The first-order valence-corrected chi connectivity index (χ1v) is 11.3. The van der Waals surface area contributed by atoms with Crippen molar-refractivity contribution in [1.82, 2.24) is 19.0 Å². The van der Waals surface area contributed by atoms with Gasteiger partial charge in [0.15, 0.2) is 5.69 Å². The van der Waals surface area contributed by atoms with Gasteiger partial charge in [0.1, 0.15) is 5.75 Å². The third kappa shape index (κ3) is 3.51. The predicted octanol–water partition coefficient (Wildman–Crippen LogP) is 2.07. The Morgan fingerprint density at radius 3 is 2.59 bits per heavy atom. The average Bonchev–Trinajstić information content (AvgIpc) is 3.36. The minimum Gasteiger partial charge on any atom is -0.495 e. The molecule has 0 saturated carbocycles. The molecule has 0 radical (unpaired) electrons. The second kappa shape index (κ2) is 7.62. The highest BCUT2D eigenvalue weighted by Crippen LogP contribution is 2.31. The second-order valence-electron chi connectivity index (χ2n) is 7.28. The largest absolute Gasteiger partial charge is 0.495 e. The number of carbonyl (C=O) groups is 1. The molecule has 8 nitrogen and oxygen atoms in total. The molecule has 0 atom stereocenters. The molecule has 29 heavy (non-hydrogen) atoms. The van der Waals surface area contributed by atoms with Crippen LogP contribution < -0.4 is 4.74 Å². The number of methoxy groups -OCH3 is 1. The van der Waals surface area contributed by atoms with Crippen molar-refractivity contribution in [3.63, 3.8) is 0 Å². The van der Waals surface area contributed by atoms with E-state index in [9.17, 15) is 13.2 Å². The number of fused-ring (bicyclic) bond motifs is 1. The number of benzene rings is 1. The van der Waals surface area contributed by atoms with Crippen molar-refractivity contribution in [2.45, 2.75) is 30.7 Å². The highest BCUT2D eigenvalue weighted by Gasteiger charge is 2.35. The molecule has 2 aromatic rings. The van der Waals surface area contributed by atoms with Crippen molar-refractivity contribution in [2.24, 2.45) is 7.05 Å². The molecule has 0 spiro atoms. The normalized spacial score (nSPS) is 17.4. The molecule has 0 N–H and O–H groups in total. The number of hydrogen-bond acceptors (Lipinski definition) is 5. The maximum absolute atomic E-state index is 13.2. The molecule has 1 aromatic carbocycles. The monoisotopic (exact) mass is 438 g/mol. The molecular weight excluding hydrogens is 416 g/mol. The molecule has 1 fully saturated rings. The highest BCUT2D eigenvalue weighted by molar-refractivity contribution is 7.89. The van der Waals surface area contributed by atoms with E-state index in [1.165, 1.54) is 29.6 Å². The molecule has 2 aliphatic rings. The fourth-order valence-electron chi connectivity index (χ4n) is 3.97. The van der Waals surface area contributed by atoms with Gasteiger partial charge in [0.2, 0.25) is 10.0 Å². The zero-order chi connectivity index (χ0) is 20.8. The molecule has 0 aliphatic carbocycles. The van der Waals surface area contributed by atoms with Gasteiger partial charge in [-0.3, -0.25) is 9.48 Å². The van der Waals surface area contributed by atoms with Crippen LogP contribution in [-0.2, 0) is 30.0 Å². The minimum absolute atomic E-state index is 0.100. The van der Waals surface area contributed by atoms with E-state index in [4.69, 9.17) is 16.3 Å². The standard InChI is InChI=1S/C19H23ClN4O4S/c1-22-16-7-10-24(29(26,27)13-5-6-17(28-2)15(20)11-13)12-14(16)18(21-22)19(25)23-8-3-4-9-23/h5-6,11H,3-4,7-10,12H2,1-2H3. The van der Waals surface area contributed by atoms with Crippen LogP contribution in [0.1, 0.15) is 34.6 Å². The molecule has 0 bridgehead atoms. The van der Waals surface area contributed by atoms with Gasteiger partial charge >= 0.3 is 0 Å². The molecular formula is C19H23ClN4O4S. The summed E-state index contributed by atoms with van der Waals surface area (Å²) in [6, 6.07) is 4.41. The summed E-state index contributed by atoms with van der Waals surface area (Å²) in [5, 5.41) is 4.66. The lowest BCUT2D eigenvalue weighted by atomic mass is 10.1. The van der Waals surface area contributed by atoms with Crippen molar-refractivity contribution in [3.8, 4) is 5.75 Å². The Bertz CT molecular complexity index is 1060. The van der Waals surface area contributed by atoms with Crippen LogP contribution in [0.3, 0.4) is 0 Å².